The molecule has 2 heterocycles. The molecule has 3 rings (SSSR count). The van der Waals surface area contributed by atoms with Gasteiger partial charge in [-0.1, -0.05) is 30.3 Å². The zero-order valence-corrected chi connectivity index (χ0v) is 17.1. The molecule has 0 N–H and O–H groups in total. The SMILES string of the molecule is CCOC(=O)c1cc(C)n(CC(=O)N2CCN(C)C[C@@H]2c2ccccc2)c1C. The minimum atomic E-state index is -0.337. The second-order valence-corrected chi connectivity index (χ2v) is 7.37. The molecule has 1 aliphatic rings. The number of ether oxygens (including phenoxy) is 1. The molecule has 1 amide bonds. The van der Waals surface area contributed by atoms with Crippen molar-refractivity contribution in [2.24, 2.45) is 0 Å². The van der Waals surface area contributed by atoms with Gasteiger partial charge in [0.2, 0.25) is 5.91 Å². The van der Waals surface area contributed by atoms with Gasteiger partial charge in [0.15, 0.2) is 0 Å². The van der Waals surface area contributed by atoms with E-state index in [1.165, 1.54) is 0 Å². The van der Waals surface area contributed by atoms with E-state index in [2.05, 4.69) is 24.1 Å². The molecule has 6 heteroatoms. The average molecular weight is 383 g/mol. The molecule has 1 aromatic carbocycles. The van der Waals surface area contributed by atoms with E-state index in [1.807, 2.05) is 41.5 Å². The van der Waals surface area contributed by atoms with Crippen molar-refractivity contribution in [1.29, 1.82) is 0 Å². The summed E-state index contributed by atoms with van der Waals surface area (Å²) in [6.07, 6.45) is 0. The summed E-state index contributed by atoms with van der Waals surface area (Å²) in [5, 5.41) is 0. The van der Waals surface area contributed by atoms with Gasteiger partial charge in [-0.05, 0) is 39.4 Å². The Hall–Kier alpha value is -2.60. The number of piperazine rings is 1. The molecule has 1 aliphatic heterocycles. The van der Waals surface area contributed by atoms with E-state index < -0.39 is 0 Å². The van der Waals surface area contributed by atoms with Crippen molar-refractivity contribution in [2.75, 3.05) is 33.3 Å². The Bertz CT molecular complexity index is 844. The zero-order chi connectivity index (χ0) is 20.3. The smallest absolute Gasteiger partial charge is 0.339 e. The first-order valence-electron chi connectivity index (χ1n) is 9.79. The molecule has 28 heavy (non-hydrogen) atoms. The maximum absolute atomic E-state index is 13.2. The number of benzene rings is 1. The number of hydrogen-bond acceptors (Lipinski definition) is 4. The summed E-state index contributed by atoms with van der Waals surface area (Å²) in [5.74, 6) is -0.268. The van der Waals surface area contributed by atoms with Crippen LogP contribution in [-0.2, 0) is 16.1 Å². The number of rotatable bonds is 5. The molecule has 0 bridgehead atoms. The third kappa shape index (κ3) is 4.12. The fraction of sp³-hybridized carbons (Fsp3) is 0.455. The standard InChI is InChI=1S/C22H29N3O3/c1-5-28-22(27)19-13-16(2)25(17(19)3)15-21(26)24-12-11-23(4)14-20(24)18-9-7-6-8-10-18/h6-10,13,20H,5,11-12,14-15H2,1-4H3/t20-/m1/s1. The molecule has 1 saturated heterocycles. The van der Waals surface area contributed by atoms with Crippen LogP contribution >= 0.6 is 0 Å². The lowest BCUT2D eigenvalue weighted by atomic mass is 10.0. The molecule has 0 radical (unpaired) electrons. The Labute approximate surface area is 166 Å². The lowest BCUT2D eigenvalue weighted by Gasteiger charge is -2.40. The second kappa shape index (κ2) is 8.61. The van der Waals surface area contributed by atoms with Gasteiger partial charge in [0.1, 0.15) is 6.54 Å². The van der Waals surface area contributed by atoms with Crippen LogP contribution in [0.2, 0.25) is 0 Å². The summed E-state index contributed by atoms with van der Waals surface area (Å²) in [6.45, 7) is 8.50. The molecule has 2 aromatic rings. The highest BCUT2D eigenvalue weighted by atomic mass is 16.5. The van der Waals surface area contributed by atoms with Gasteiger partial charge in [-0.25, -0.2) is 4.79 Å². The largest absolute Gasteiger partial charge is 0.462 e. The number of amides is 1. The van der Waals surface area contributed by atoms with Crippen LogP contribution in [0.25, 0.3) is 0 Å². The summed E-state index contributed by atoms with van der Waals surface area (Å²) in [6, 6.07) is 12.0. The van der Waals surface area contributed by atoms with E-state index in [1.54, 1.807) is 13.0 Å². The van der Waals surface area contributed by atoms with Crippen LogP contribution in [0.15, 0.2) is 36.4 Å². The molecule has 150 valence electrons. The maximum atomic E-state index is 13.2. The van der Waals surface area contributed by atoms with Crippen molar-refractivity contribution in [3.05, 3.63) is 58.9 Å². The molecule has 0 aliphatic carbocycles. The molecule has 0 spiro atoms. The fourth-order valence-corrected chi connectivity index (χ4v) is 3.86. The zero-order valence-electron chi connectivity index (χ0n) is 17.1. The lowest BCUT2D eigenvalue weighted by molar-refractivity contribution is -0.136. The van der Waals surface area contributed by atoms with Crippen LogP contribution in [0.4, 0.5) is 0 Å². The van der Waals surface area contributed by atoms with E-state index in [0.29, 0.717) is 18.7 Å². The highest BCUT2D eigenvalue weighted by Crippen LogP contribution is 2.26. The molecule has 0 unspecified atom stereocenters. The van der Waals surface area contributed by atoms with Gasteiger partial charge in [0.05, 0.1) is 18.2 Å². The monoisotopic (exact) mass is 383 g/mol. The Kier molecular flexibility index (Phi) is 6.19. The number of aryl methyl sites for hydroxylation is 1. The number of hydrogen-bond donors (Lipinski definition) is 0. The number of carbonyl (C=O) groups is 2. The summed E-state index contributed by atoms with van der Waals surface area (Å²) in [5.41, 5.74) is 3.34. The number of carbonyl (C=O) groups excluding carboxylic acids is 2. The second-order valence-electron chi connectivity index (χ2n) is 7.37. The van der Waals surface area contributed by atoms with Crippen LogP contribution in [0.5, 0.6) is 0 Å². The lowest BCUT2D eigenvalue weighted by Crippen LogP contribution is -2.50. The average Bonchev–Trinajstić information content (AvgIpc) is 2.97. The Balaban J connectivity index is 1.82. The van der Waals surface area contributed by atoms with Crippen LogP contribution in [-0.4, -0.2) is 59.5 Å². The number of likely N-dealkylation sites (N-methyl/N-ethyl adjacent to an activating group) is 1. The van der Waals surface area contributed by atoms with Crippen LogP contribution < -0.4 is 0 Å². The highest BCUT2D eigenvalue weighted by Gasteiger charge is 2.31. The predicted octanol–water partition coefficient (Wildman–Crippen LogP) is 2.80. The van der Waals surface area contributed by atoms with E-state index in [4.69, 9.17) is 4.74 Å². The van der Waals surface area contributed by atoms with Gasteiger partial charge in [-0.2, -0.15) is 0 Å². The first-order valence-corrected chi connectivity index (χ1v) is 9.79. The normalized spacial score (nSPS) is 17.6. The van der Waals surface area contributed by atoms with Crippen LogP contribution in [0.1, 0.15) is 40.3 Å². The Morgan fingerprint density at radius 1 is 1.14 bits per heavy atom. The van der Waals surface area contributed by atoms with Gasteiger partial charge in [-0.15, -0.1) is 0 Å². The number of nitrogens with zero attached hydrogens (tertiary/aromatic N) is 3. The van der Waals surface area contributed by atoms with Gasteiger partial charge >= 0.3 is 5.97 Å². The minimum Gasteiger partial charge on any atom is -0.462 e. The van der Waals surface area contributed by atoms with Gasteiger partial charge in [0.25, 0.3) is 0 Å². The first-order chi connectivity index (χ1) is 13.4. The molecule has 0 saturated carbocycles. The number of esters is 1. The molecule has 1 atom stereocenters. The van der Waals surface area contributed by atoms with Crippen molar-refractivity contribution in [1.82, 2.24) is 14.4 Å². The molecular formula is C22H29N3O3. The quantitative estimate of drug-likeness (QED) is 0.745. The summed E-state index contributed by atoms with van der Waals surface area (Å²) in [7, 11) is 2.09. The van der Waals surface area contributed by atoms with Crippen LogP contribution in [0, 0.1) is 13.8 Å². The molecule has 6 nitrogen and oxygen atoms in total. The van der Waals surface area contributed by atoms with Crippen molar-refractivity contribution in [3.8, 4) is 0 Å². The van der Waals surface area contributed by atoms with Gasteiger partial charge in [0, 0.05) is 31.0 Å². The van der Waals surface area contributed by atoms with Crippen LogP contribution in [0.3, 0.4) is 0 Å². The Morgan fingerprint density at radius 2 is 1.86 bits per heavy atom. The van der Waals surface area contributed by atoms with Gasteiger partial charge in [-0.3, -0.25) is 4.79 Å². The summed E-state index contributed by atoms with van der Waals surface area (Å²) < 4.78 is 7.04. The molecule has 1 aromatic heterocycles. The third-order valence-corrected chi connectivity index (χ3v) is 5.45. The maximum Gasteiger partial charge on any atom is 0.339 e. The van der Waals surface area contributed by atoms with Crippen molar-refractivity contribution < 1.29 is 14.3 Å². The molecular weight excluding hydrogens is 354 g/mol. The number of aromatic nitrogens is 1. The van der Waals surface area contributed by atoms with E-state index in [0.717, 1.165) is 30.0 Å². The highest BCUT2D eigenvalue weighted by molar-refractivity contribution is 5.91. The van der Waals surface area contributed by atoms with Crippen molar-refractivity contribution in [2.45, 2.75) is 33.4 Å². The van der Waals surface area contributed by atoms with E-state index in [-0.39, 0.29) is 24.5 Å². The van der Waals surface area contributed by atoms with E-state index in [9.17, 15) is 9.59 Å². The predicted molar refractivity (Wildman–Crippen MR) is 108 cm³/mol. The van der Waals surface area contributed by atoms with Crippen molar-refractivity contribution in [3.63, 3.8) is 0 Å². The topological polar surface area (TPSA) is 54.8 Å². The summed E-state index contributed by atoms with van der Waals surface area (Å²) >= 11 is 0. The van der Waals surface area contributed by atoms with Gasteiger partial charge < -0.3 is 19.1 Å². The summed E-state index contributed by atoms with van der Waals surface area (Å²) in [4.78, 5) is 29.6. The minimum absolute atomic E-state index is 0.0353. The first kappa shape index (κ1) is 20.1. The Morgan fingerprint density at radius 3 is 2.54 bits per heavy atom. The third-order valence-electron chi connectivity index (χ3n) is 5.45. The van der Waals surface area contributed by atoms with E-state index >= 15 is 0 Å². The fourth-order valence-electron chi connectivity index (χ4n) is 3.86. The molecule has 1 fully saturated rings. The van der Waals surface area contributed by atoms with Crippen molar-refractivity contribution >= 4 is 11.9 Å².